The summed E-state index contributed by atoms with van der Waals surface area (Å²) in [6.07, 6.45) is 5.76. The first-order valence-electron chi connectivity index (χ1n) is 23.9. The van der Waals surface area contributed by atoms with E-state index in [1.165, 1.54) is 43.9 Å². The van der Waals surface area contributed by atoms with E-state index < -0.39 is 15.0 Å². The van der Waals surface area contributed by atoms with Crippen LogP contribution in [0.2, 0.25) is 0 Å². The number of Topliss-reactive ketones (excluding diaryl/α,β-unsaturated/α-hetero) is 2. The number of ketones is 2. The van der Waals surface area contributed by atoms with Crippen molar-refractivity contribution in [3.05, 3.63) is 81.9 Å². The Kier molecular flexibility index (Phi) is 18.2. The first kappa shape index (κ1) is 51.8. The van der Waals surface area contributed by atoms with Crippen molar-refractivity contribution in [1.82, 2.24) is 29.7 Å². The Labute approximate surface area is 405 Å². The average Bonchev–Trinajstić information content (AvgIpc) is 4.03. The molecule has 0 bridgehead atoms. The van der Waals surface area contributed by atoms with Crippen molar-refractivity contribution in [3.63, 3.8) is 0 Å². The Hall–Kier alpha value is -5.00. The van der Waals surface area contributed by atoms with Crippen LogP contribution in [-0.2, 0) is 71.3 Å². The van der Waals surface area contributed by atoms with Gasteiger partial charge in [-0.3, -0.25) is 28.5 Å². The number of ether oxygens (including phenoxy) is 2. The largest absolute Gasteiger partial charge is 0.463 e. The number of anilines is 4. The zero-order valence-electron chi connectivity index (χ0n) is 40.5. The molecule has 4 N–H and O–H groups in total. The minimum Gasteiger partial charge on any atom is -0.463 e. The van der Waals surface area contributed by atoms with Gasteiger partial charge in [0.25, 0.3) is 0 Å². The third-order valence-corrected chi connectivity index (χ3v) is 16.2. The van der Waals surface area contributed by atoms with Gasteiger partial charge >= 0.3 is 19.6 Å². The molecule has 6 heterocycles. The summed E-state index contributed by atoms with van der Waals surface area (Å²) in [5.74, 6) is 1.81. The zero-order chi connectivity index (χ0) is 49.0. The number of likely N-dealkylation sites (tertiary alicyclic amines) is 2. The van der Waals surface area contributed by atoms with Crippen LogP contribution in [0, 0.1) is 0 Å². The molecule has 69 heavy (non-hydrogen) atoms. The van der Waals surface area contributed by atoms with Gasteiger partial charge in [0.05, 0.1) is 38.6 Å². The molecule has 2 fully saturated rings. The van der Waals surface area contributed by atoms with E-state index in [2.05, 4.69) is 78.3 Å². The molecule has 8 rings (SSSR count). The Morgan fingerprint density at radius 3 is 1.42 bits per heavy atom. The lowest BCUT2D eigenvalue weighted by molar-refractivity contribution is -0.118. The van der Waals surface area contributed by atoms with Gasteiger partial charge in [0.2, 0.25) is 7.37 Å². The van der Waals surface area contributed by atoms with E-state index in [1.807, 2.05) is 9.80 Å². The number of nitrogens with two attached hydrogens (primary N) is 2. The third kappa shape index (κ3) is 14.8. The number of rotatable bonds is 21. The number of benzene rings is 2. The maximum Gasteiger partial charge on any atom is 0.334 e. The van der Waals surface area contributed by atoms with Gasteiger partial charge in [0, 0.05) is 63.9 Å². The number of carbonyl (C=O) groups is 2. The Balaban J connectivity index is 0.000000205. The quantitative estimate of drug-likeness (QED) is 0.0892. The highest BCUT2D eigenvalue weighted by Gasteiger charge is 2.30. The second-order valence-electron chi connectivity index (χ2n) is 17.9. The summed E-state index contributed by atoms with van der Waals surface area (Å²) < 4.78 is 51.7. The van der Waals surface area contributed by atoms with E-state index in [-0.39, 0.29) is 99.9 Å². The van der Waals surface area contributed by atoms with E-state index in [4.69, 9.17) is 34.5 Å². The third-order valence-electron chi connectivity index (χ3n) is 12.4. The van der Waals surface area contributed by atoms with E-state index >= 15 is 0 Å². The molecule has 2 aromatic carbocycles. The first-order valence-corrected chi connectivity index (χ1v) is 27.9. The van der Waals surface area contributed by atoms with Crippen LogP contribution in [0.4, 0.5) is 23.3 Å². The van der Waals surface area contributed by atoms with E-state index in [1.54, 1.807) is 20.5 Å². The van der Waals surface area contributed by atoms with Gasteiger partial charge in [-0.2, -0.15) is 19.9 Å². The van der Waals surface area contributed by atoms with Crippen molar-refractivity contribution in [2.45, 2.75) is 78.6 Å². The van der Waals surface area contributed by atoms with Crippen LogP contribution in [0.25, 0.3) is 0 Å². The van der Waals surface area contributed by atoms with Crippen LogP contribution in [-0.4, -0.2) is 133 Å². The SMILES string of the molecule is CCOP(=O)(CCOc1nc(N)c2c(n1)N(Cc1cccc(CN3CCCC3)c1)CC(=O)C2)OCC.COP(C)(=O)CCOc1nc(N)c2c(n1)N(Cc1cccc(CN3CCCC3)c1)CC(=O)C2. The van der Waals surface area contributed by atoms with Crippen molar-refractivity contribution < 1.29 is 41.8 Å². The van der Waals surface area contributed by atoms with Gasteiger partial charge in [-0.15, -0.1) is 0 Å². The average molecular weight is 991 g/mol. The Morgan fingerprint density at radius 1 is 0.609 bits per heavy atom. The molecule has 1 atom stereocenters. The molecule has 0 spiro atoms. The Morgan fingerprint density at radius 2 is 1.01 bits per heavy atom. The van der Waals surface area contributed by atoms with Gasteiger partial charge in [-0.05, 0) is 88.0 Å². The molecular formula is C48H68N10O9P2. The predicted molar refractivity (Wildman–Crippen MR) is 266 cm³/mol. The predicted octanol–water partition coefficient (Wildman–Crippen LogP) is 6.15. The lowest BCUT2D eigenvalue weighted by Gasteiger charge is -2.30. The van der Waals surface area contributed by atoms with Crippen LogP contribution < -0.4 is 30.7 Å². The fraction of sp³-hybridized carbons (Fsp3) is 0.542. The smallest absolute Gasteiger partial charge is 0.334 e. The van der Waals surface area contributed by atoms with Crippen molar-refractivity contribution >= 4 is 49.8 Å². The highest BCUT2D eigenvalue weighted by molar-refractivity contribution is 7.58. The molecule has 1 unspecified atom stereocenters. The maximum atomic E-state index is 12.7. The fourth-order valence-corrected chi connectivity index (χ4v) is 11.0. The van der Waals surface area contributed by atoms with E-state index in [0.717, 1.165) is 50.4 Å². The molecule has 21 heteroatoms. The number of nitrogens with zero attached hydrogens (tertiary/aromatic N) is 8. The summed E-state index contributed by atoms with van der Waals surface area (Å²) in [7, 11) is -4.52. The second-order valence-corrected chi connectivity index (χ2v) is 22.9. The van der Waals surface area contributed by atoms with Gasteiger partial charge < -0.3 is 44.3 Å². The number of hydrogen-bond acceptors (Lipinski definition) is 19. The zero-order valence-corrected chi connectivity index (χ0v) is 42.3. The summed E-state index contributed by atoms with van der Waals surface area (Å²) >= 11 is 0. The summed E-state index contributed by atoms with van der Waals surface area (Å²) in [5.41, 5.74) is 18.4. The minimum atomic E-state index is -3.24. The number of fused-ring (bicyclic) bond motifs is 2. The highest BCUT2D eigenvalue weighted by atomic mass is 31.2. The van der Waals surface area contributed by atoms with Gasteiger partial charge in [-0.25, -0.2) is 0 Å². The van der Waals surface area contributed by atoms with Crippen LogP contribution in [0.15, 0.2) is 48.5 Å². The molecule has 4 aliphatic rings. The summed E-state index contributed by atoms with van der Waals surface area (Å²) in [5, 5.41) is 0. The number of hydrogen-bond donors (Lipinski definition) is 2. The molecule has 4 aromatic rings. The highest BCUT2D eigenvalue weighted by Crippen LogP contribution is 2.47. The van der Waals surface area contributed by atoms with Gasteiger partial charge in [-0.1, -0.05) is 48.5 Å². The van der Waals surface area contributed by atoms with Crippen molar-refractivity contribution in [2.24, 2.45) is 0 Å². The van der Waals surface area contributed by atoms with Crippen molar-refractivity contribution in [1.29, 1.82) is 0 Å². The van der Waals surface area contributed by atoms with Crippen LogP contribution in [0.5, 0.6) is 12.0 Å². The van der Waals surface area contributed by atoms with Crippen molar-refractivity contribution in [3.8, 4) is 12.0 Å². The second kappa shape index (κ2) is 24.2. The lowest BCUT2D eigenvalue weighted by Crippen LogP contribution is -2.36. The standard InChI is InChI=1S/C25H36N5O5P.C23H32N5O4P/c1-3-34-36(32,35-4-2)13-12-33-25-27-23(26)22-15-21(31)18-30(24(22)28-25)17-20-9-7-8-19(14-20)16-29-10-5-6-11-29;1-31-33(2,30)11-10-32-23-25-21(24)20-13-19(29)16-28(22(20)26-23)15-18-7-5-6-17(12-18)14-27-8-3-4-9-27/h7-9,14H,3-6,10-13,15-18H2,1-2H3,(H2,26,27,28);5-7,12H,3-4,8-11,13-16H2,1-2H3,(H2,24,25,26). The van der Waals surface area contributed by atoms with Gasteiger partial charge in [0.15, 0.2) is 11.6 Å². The van der Waals surface area contributed by atoms with E-state index in [9.17, 15) is 18.7 Å². The molecular weight excluding hydrogens is 923 g/mol. The molecule has 0 saturated carbocycles. The normalized spacial score (nSPS) is 17.3. The number of carbonyl (C=O) groups excluding carboxylic acids is 2. The minimum absolute atomic E-state index is 0.0486. The van der Waals surface area contributed by atoms with Gasteiger partial charge in [0.1, 0.15) is 36.5 Å². The first-order chi connectivity index (χ1) is 33.2. The number of aromatic nitrogens is 4. The maximum absolute atomic E-state index is 12.7. The topological polar surface area (TPSA) is 231 Å². The van der Waals surface area contributed by atoms with Crippen LogP contribution in [0.1, 0.15) is 72.9 Å². The molecule has 2 saturated heterocycles. The van der Waals surface area contributed by atoms with Crippen LogP contribution in [0.3, 0.4) is 0 Å². The molecule has 374 valence electrons. The molecule has 0 amide bonds. The summed E-state index contributed by atoms with van der Waals surface area (Å²) in [6, 6.07) is 17.1. The Bertz CT molecular complexity index is 2500. The molecule has 19 nitrogen and oxygen atoms in total. The molecule has 2 aromatic heterocycles. The molecule has 4 aliphatic heterocycles. The summed E-state index contributed by atoms with van der Waals surface area (Å²) in [6.45, 7) is 13.8. The monoisotopic (exact) mass is 990 g/mol. The lowest BCUT2D eigenvalue weighted by atomic mass is 10.0. The fourth-order valence-electron chi connectivity index (χ4n) is 8.96. The summed E-state index contributed by atoms with van der Waals surface area (Å²) in [4.78, 5) is 51.3. The van der Waals surface area contributed by atoms with Crippen LogP contribution >= 0.6 is 15.0 Å². The molecule has 0 radical (unpaired) electrons. The molecule has 0 aliphatic carbocycles. The van der Waals surface area contributed by atoms with Crippen molar-refractivity contribution in [2.75, 3.05) is 113 Å². The number of nitrogen functional groups attached to an aromatic ring is 2. The van der Waals surface area contributed by atoms with E-state index in [0.29, 0.717) is 35.9 Å².